The number of amides is 2. The van der Waals surface area contributed by atoms with E-state index in [1.165, 1.54) is 54.7 Å². The summed E-state index contributed by atoms with van der Waals surface area (Å²) in [7, 11) is 0. The highest BCUT2D eigenvalue weighted by Crippen LogP contribution is 2.29. The van der Waals surface area contributed by atoms with Crippen molar-refractivity contribution in [3.8, 4) is 11.5 Å². The minimum Gasteiger partial charge on any atom is -0.490 e. The Morgan fingerprint density at radius 2 is 1.67 bits per heavy atom. The summed E-state index contributed by atoms with van der Waals surface area (Å²) in [6.45, 7) is 2.03. The van der Waals surface area contributed by atoms with Gasteiger partial charge in [-0.25, -0.2) is 10.2 Å². The fourth-order valence-electron chi connectivity index (χ4n) is 3.68. The summed E-state index contributed by atoms with van der Waals surface area (Å²) in [4.78, 5) is 48.1. The number of nitro benzene ring substituents is 1. The normalized spacial score (nSPS) is 10.7. The molecule has 0 aliphatic heterocycles. The molecule has 2 amide bonds. The fourth-order valence-corrected chi connectivity index (χ4v) is 4.17. The molecule has 4 aromatic carbocycles. The third-order valence-electron chi connectivity index (χ3n) is 5.72. The van der Waals surface area contributed by atoms with Gasteiger partial charge in [-0.1, -0.05) is 29.3 Å². The minimum atomic E-state index is -0.723. The van der Waals surface area contributed by atoms with E-state index in [-0.39, 0.29) is 45.5 Å². The van der Waals surface area contributed by atoms with Gasteiger partial charge in [0.15, 0.2) is 11.5 Å². The first kappa shape index (κ1) is 30.7. The number of esters is 1. The van der Waals surface area contributed by atoms with Crippen LogP contribution < -0.4 is 20.2 Å². The largest absolute Gasteiger partial charge is 0.490 e. The molecule has 0 saturated heterocycles. The summed E-state index contributed by atoms with van der Waals surface area (Å²) in [5.41, 5.74) is 3.75. The van der Waals surface area contributed by atoms with E-state index in [2.05, 4.69) is 15.8 Å². The molecule has 0 spiro atoms. The fraction of sp³-hybridized carbons (Fsp3) is 0.0667. The van der Waals surface area contributed by atoms with E-state index < -0.39 is 22.7 Å². The number of anilines is 1. The molecule has 0 saturated carbocycles. The highest BCUT2D eigenvalue weighted by atomic mass is 35.5. The molecule has 2 N–H and O–H groups in total. The van der Waals surface area contributed by atoms with Crippen LogP contribution in [0.2, 0.25) is 10.0 Å². The molecule has 13 heteroatoms. The highest BCUT2D eigenvalue weighted by Gasteiger charge is 2.16. The van der Waals surface area contributed by atoms with Crippen LogP contribution in [-0.2, 0) is 0 Å². The van der Waals surface area contributed by atoms with Crippen molar-refractivity contribution in [1.82, 2.24) is 5.43 Å². The zero-order chi connectivity index (χ0) is 30.9. The van der Waals surface area contributed by atoms with Crippen LogP contribution in [0.5, 0.6) is 11.5 Å². The van der Waals surface area contributed by atoms with Gasteiger partial charge in [0.2, 0.25) is 0 Å². The lowest BCUT2D eigenvalue weighted by Gasteiger charge is -2.11. The number of hydrogen-bond donors (Lipinski definition) is 2. The van der Waals surface area contributed by atoms with Gasteiger partial charge in [-0.2, -0.15) is 5.10 Å². The van der Waals surface area contributed by atoms with Gasteiger partial charge in [-0.05, 0) is 79.2 Å². The van der Waals surface area contributed by atoms with Gasteiger partial charge in [0.1, 0.15) is 0 Å². The summed E-state index contributed by atoms with van der Waals surface area (Å²) in [6, 6.07) is 20.4. The standard InChI is InChI=1S/C30H22Cl2N4O7/c1-2-42-27-14-18(6-13-26(27)43-30(39)19-7-10-23(11-8-19)36(40)41)17-33-35-28(37)20-4-3-5-22(15-20)34-29(38)24-12-9-21(31)16-25(24)32/h3-17H,2H2,1H3,(H,34,38)(H,35,37). The number of nitro groups is 1. The Hall–Kier alpha value is -5.26. The zero-order valence-corrected chi connectivity index (χ0v) is 23.9. The second kappa shape index (κ2) is 14.1. The first-order valence-electron chi connectivity index (χ1n) is 12.6. The molecule has 0 bridgehead atoms. The Labute approximate surface area is 255 Å². The quantitative estimate of drug-likeness (QED) is 0.0672. The van der Waals surface area contributed by atoms with Crippen LogP contribution in [0.3, 0.4) is 0 Å². The predicted molar refractivity (Wildman–Crippen MR) is 162 cm³/mol. The maximum atomic E-state index is 12.7. The topological polar surface area (TPSA) is 149 Å². The van der Waals surface area contributed by atoms with Crippen molar-refractivity contribution < 1.29 is 28.8 Å². The predicted octanol–water partition coefficient (Wildman–Crippen LogP) is 6.54. The Kier molecular flexibility index (Phi) is 10.0. The number of nitrogens with one attached hydrogen (secondary N) is 2. The molecule has 11 nitrogen and oxygen atoms in total. The zero-order valence-electron chi connectivity index (χ0n) is 22.4. The van der Waals surface area contributed by atoms with Crippen LogP contribution in [0, 0.1) is 10.1 Å². The lowest BCUT2D eigenvalue weighted by Crippen LogP contribution is -2.18. The first-order valence-corrected chi connectivity index (χ1v) is 13.3. The Bertz CT molecular complexity index is 1730. The Morgan fingerprint density at radius 3 is 2.37 bits per heavy atom. The van der Waals surface area contributed by atoms with E-state index in [1.807, 2.05) is 0 Å². The second-order valence-corrected chi connectivity index (χ2v) is 9.53. The highest BCUT2D eigenvalue weighted by molar-refractivity contribution is 6.37. The molecular formula is C30H22Cl2N4O7. The number of benzene rings is 4. The summed E-state index contributed by atoms with van der Waals surface area (Å²) < 4.78 is 11.0. The smallest absolute Gasteiger partial charge is 0.343 e. The van der Waals surface area contributed by atoms with Crippen molar-refractivity contribution in [3.63, 3.8) is 0 Å². The van der Waals surface area contributed by atoms with Gasteiger partial charge in [-0.3, -0.25) is 19.7 Å². The van der Waals surface area contributed by atoms with Crippen LogP contribution in [-0.4, -0.2) is 35.5 Å². The molecule has 0 heterocycles. The van der Waals surface area contributed by atoms with Crippen molar-refractivity contribution >= 4 is 58.6 Å². The lowest BCUT2D eigenvalue weighted by molar-refractivity contribution is -0.384. The molecule has 4 aromatic rings. The number of carbonyl (C=O) groups is 3. The Balaban J connectivity index is 1.40. The molecule has 0 radical (unpaired) electrons. The minimum absolute atomic E-state index is 0.124. The van der Waals surface area contributed by atoms with Crippen molar-refractivity contribution in [2.45, 2.75) is 6.92 Å². The van der Waals surface area contributed by atoms with Gasteiger partial charge in [-0.15, -0.1) is 0 Å². The number of nitrogens with zero attached hydrogens (tertiary/aromatic N) is 2. The Morgan fingerprint density at radius 1 is 0.907 bits per heavy atom. The SMILES string of the molecule is CCOc1cc(C=NNC(=O)c2cccc(NC(=O)c3ccc(Cl)cc3Cl)c2)ccc1OC(=O)c1ccc([N+](=O)[O-])cc1. The van der Waals surface area contributed by atoms with Crippen molar-refractivity contribution in [2.75, 3.05) is 11.9 Å². The van der Waals surface area contributed by atoms with E-state index in [4.69, 9.17) is 32.7 Å². The molecule has 0 aromatic heterocycles. The molecule has 0 unspecified atom stereocenters. The lowest BCUT2D eigenvalue weighted by atomic mass is 10.1. The number of ether oxygens (including phenoxy) is 2. The van der Waals surface area contributed by atoms with E-state index >= 15 is 0 Å². The molecule has 0 aliphatic carbocycles. The summed E-state index contributed by atoms with van der Waals surface area (Å²) in [5.74, 6) is -1.35. The van der Waals surface area contributed by atoms with E-state index in [1.54, 1.807) is 43.3 Å². The van der Waals surface area contributed by atoms with E-state index in [9.17, 15) is 24.5 Å². The number of hydrogen-bond acceptors (Lipinski definition) is 8. The third kappa shape index (κ3) is 8.15. The molecule has 4 rings (SSSR count). The molecule has 0 aliphatic rings. The van der Waals surface area contributed by atoms with Crippen molar-refractivity contribution in [2.24, 2.45) is 5.10 Å². The summed E-state index contributed by atoms with van der Waals surface area (Å²) >= 11 is 12.0. The third-order valence-corrected chi connectivity index (χ3v) is 6.27. The van der Waals surface area contributed by atoms with Gasteiger partial charge < -0.3 is 14.8 Å². The van der Waals surface area contributed by atoms with Gasteiger partial charge in [0, 0.05) is 28.4 Å². The average Bonchev–Trinajstić information content (AvgIpc) is 2.98. The average molecular weight is 621 g/mol. The summed E-state index contributed by atoms with van der Waals surface area (Å²) in [6.07, 6.45) is 1.37. The summed E-state index contributed by atoms with van der Waals surface area (Å²) in [5, 5.41) is 18.1. The van der Waals surface area contributed by atoms with Crippen molar-refractivity contribution in [1.29, 1.82) is 0 Å². The monoisotopic (exact) mass is 620 g/mol. The van der Waals surface area contributed by atoms with Crippen LogP contribution >= 0.6 is 23.2 Å². The molecule has 0 fully saturated rings. The molecule has 218 valence electrons. The maximum Gasteiger partial charge on any atom is 0.343 e. The van der Waals surface area contributed by atoms with Crippen LogP contribution in [0.1, 0.15) is 43.6 Å². The number of carbonyl (C=O) groups excluding carboxylic acids is 3. The van der Waals surface area contributed by atoms with Crippen molar-refractivity contribution in [3.05, 3.63) is 127 Å². The number of hydrazone groups is 1. The van der Waals surface area contributed by atoms with Gasteiger partial charge >= 0.3 is 5.97 Å². The number of halogens is 2. The second-order valence-electron chi connectivity index (χ2n) is 8.69. The van der Waals surface area contributed by atoms with E-state index in [0.29, 0.717) is 16.3 Å². The van der Waals surface area contributed by atoms with Crippen LogP contribution in [0.15, 0.2) is 90.0 Å². The van der Waals surface area contributed by atoms with Crippen LogP contribution in [0.25, 0.3) is 0 Å². The molecular weight excluding hydrogens is 599 g/mol. The maximum absolute atomic E-state index is 12.7. The van der Waals surface area contributed by atoms with Crippen LogP contribution in [0.4, 0.5) is 11.4 Å². The molecule has 0 atom stereocenters. The number of non-ortho nitro benzene ring substituents is 1. The van der Waals surface area contributed by atoms with E-state index in [0.717, 1.165) is 0 Å². The van der Waals surface area contributed by atoms with Gasteiger partial charge in [0.05, 0.1) is 33.9 Å². The molecule has 43 heavy (non-hydrogen) atoms. The van der Waals surface area contributed by atoms with Gasteiger partial charge in [0.25, 0.3) is 17.5 Å². The number of rotatable bonds is 10. The first-order chi connectivity index (χ1) is 20.6.